The van der Waals surface area contributed by atoms with Crippen LogP contribution < -0.4 is 5.32 Å². The first-order valence-electron chi connectivity index (χ1n) is 8.77. The fraction of sp³-hybridized carbons (Fsp3) is 1.00. The van der Waals surface area contributed by atoms with Crippen molar-refractivity contribution in [2.75, 3.05) is 6.54 Å². The molecule has 2 nitrogen and oxygen atoms in total. The lowest BCUT2D eigenvalue weighted by molar-refractivity contribution is -0.0808. The molecule has 2 rings (SSSR count). The monoisotopic (exact) mass is 281 g/mol. The molecular formula is C18H35NO. The first-order chi connectivity index (χ1) is 9.34. The summed E-state index contributed by atoms with van der Waals surface area (Å²) in [6.07, 6.45) is 9.40. The van der Waals surface area contributed by atoms with E-state index < -0.39 is 0 Å². The fourth-order valence-electron chi connectivity index (χ4n) is 4.64. The van der Waals surface area contributed by atoms with Crippen molar-refractivity contribution in [1.82, 2.24) is 5.32 Å². The van der Waals surface area contributed by atoms with Gasteiger partial charge in [0.15, 0.2) is 0 Å². The SMILES string of the molecule is CCCNC1CCCCC(C2CC(C)(C)OC2(C)C)C1. The molecule has 0 radical (unpaired) electrons. The summed E-state index contributed by atoms with van der Waals surface area (Å²) in [7, 11) is 0. The van der Waals surface area contributed by atoms with Crippen molar-refractivity contribution in [3.05, 3.63) is 0 Å². The van der Waals surface area contributed by atoms with Gasteiger partial charge in [0.05, 0.1) is 11.2 Å². The summed E-state index contributed by atoms with van der Waals surface area (Å²) in [4.78, 5) is 0. The van der Waals surface area contributed by atoms with E-state index in [4.69, 9.17) is 4.74 Å². The molecule has 0 aromatic carbocycles. The van der Waals surface area contributed by atoms with Crippen LogP contribution in [0.1, 0.15) is 79.6 Å². The van der Waals surface area contributed by atoms with E-state index in [0.717, 1.165) is 17.9 Å². The quantitative estimate of drug-likeness (QED) is 0.765. The Labute approximate surface area is 126 Å². The number of ether oxygens (including phenoxy) is 1. The highest BCUT2D eigenvalue weighted by atomic mass is 16.5. The summed E-state index contributed by atoms with van der Waals surface area (Å²) in [5, 5.41) is 3.77. The molecule has 1 saturated heterocycles. The van der Waals surface area contributed by atoms with Crippen LogP contribution in [0.15, 0.2) is 0 Å². The largest absolute Gasteiger partial charge is 0.369 e. The van der Waals surface area contributed by atoms with Gasteiger partial charge in [0, 0.05) is 6.04 Å². The second-order valence-corrected chi connectivity index (χ2v) is 8.21. The van der Waals surface area contributed by atoms with E-state index in [1.165, 1.54) is 51.5 Å². The Kier molecular flexibility index (Phi) is 5.18. The molecule has 3 unspecified atom stereocenters. The summed E-state index contributed by atoms with van der Waals surface area (Å²) in [6, 6.07) is 0.738. The van der Waals surface area contributed by atoms with Gasteiger partial charge in [-0.15, -0.1) is 0 Å². The molecule has 3 atom stereocenters. The van der Waals surface area contributed by atoms with Crippen LogP contribution in [0.2, 0.25) is 0 Å². The highest BCUT2D eigenvalue weighted by Crippen LogP contribution is 2.48. The Morgan fingerprint density at radius 2 is 1.80 bits per heavy atom. The number of nitrogens with one attached hydrogen (secondary N) is 1. The van der Waals surface area contributed by atoms with Crippen molar-refractivity contribution in [1.29, 1.82) is 0 Å². The van der Waals surface area contributed by atoms with E-state index in [1.807, 2.05) is 0 Å². The van der Waals surface area contributed by atoms with Crippen LogP contribution in [0.5, 0.6) is 0 Å². The zero-order chi connectivity index (χ0) is 14.8. The maximum Gasteiger partial charge on any atom is 0.0665 e. The average Bonchev–Trinajstić information content (AvgIpc) is 2.53. The zero-order valence-electron chi connectivity index (χ0n) is 14.3. The molecule has 2 heteroatoms. The third-order valence-electron chi connectivity index (χ3n) is 5.36. The lowest BCUT2D eigenvalue weighted by Crippen LogP contribution is -2.37. The predicted octanol–water partition coefficient (Wildman–Crippen LogP) is 4.53. The number of rotatable bonds is 4. The van der Waals surface area contributed by atoms with Crippen molar-refractivity contribution >= 4 is 0 Å². The summed E-state index contributed by atoms with van der Waals surface area (Å²) >= 11 is 0. The lowest BCUT2D eigenvalue weighted by atomic mass is 9.74. The van der Waals surface area contributed by atoms with Crippen LogP contribution in [0.25, 0.3) is 0 Å². The van der Waals surface area contributed by atoms with E-state index in [9.17, 15) is 0 Å². The summed E-state index contributed by atoms with van der Waals surface area (Å²) in [6.45, 7) is 12.6. The second kappa shape index (κ2) is 6.36. The topological polar surface area (TPSA) is 21.3 Å². The van der Waals surface area contributed by atoms with E-state index >= 15 is 0 Å². The van der Waals surface area contributed by atoms with Gasteiger partial charge in [-0.05, 0) is 71.8 Å². The maximum absolute atomic E-state index is 6.34. The smallest absolute Gasteiger partial charge is 0.0665 e. The molecule has 2 fully saturated rings. The van der Waals surface area contributed by atoms with Crippen molar-refractivity contribution < 1.29 is 4.74 Å². The van der Waals surface area contributed by atoms with Gasteiger partial charge in [0.25, 0.3) is 0 Å². The maximum atomic E-state index is 6.34. The molecule has 0 aromatic heterocycles. The van der Waals surface area contributed by atoms with Gasteiger partial charge in [-0.2, -0.15) is 0 Å². The Hall–Kier alpha value is -0.0800. The molecule has 118 valence electrons. The minimum atomic E-state index is 0.0494. The van der Waals surface area contributed by atoms with Gasteiger partial charge in [0.2, 0.25) is 0 Å². The van der Waals surface area contributed by atoms with Crippen molar-refractivity contribution in [2.24, 2.45) is 11.8 Å². The van der Waals surface area contributed by atoms with Gasteiger partial charge in [0.1, 0.15) is 0 Å². The Morgan fingerprint density at radius 3 is 2.40 bits per heavy atom. The van der Waals surface area contributed by atoms with Gasteiger partial charge in [-0.1, -0.05) is 26.2 Å². The molecule has 1 aliphatic carbocycles. The molecule has 2 aliphatic rings. The van der Waals surface area contributed by atoms with Crippen LogP contribution in [-0.2, 0) is 4.74 Å². The van der Waals surface area contributed by atoms with Gasteiger partial charge >= 0.3 is 0 Å². The molecule has 0 amide bonds. The average molecular weight is 281 g/mol. The third-order valence-corrected chi connectivity index (χ3v) is 5.36. The van der Waals surface area contributed by atoms with Crippen molar-refractivity contribution in [3.8, 4) is 0 Å². The van der Waals surface area contributed by atoms with Gasteiger partial charge in [-0.25, -0.2) is 0 Å². The molecule has 1 heterocycles. The molecule has 1 saturated carbocycles. The second-order valence-electron chi connectivity index (χ2n) is 8.21. The Morgan fingerprint density at radius 1 is 1.10 bits per heavy atom. The number of hydrogen-bond donors (Lipinski definition) is 1. The summed E-state index contributed by atoms with van der Waals surface area (Å²) in [5.41, 5.74) is 0.112. The van der Waals surface area contributed by atoms with Gasteiger partial charge in [-0.3, -0.25) is 0 Å². The lowest BCUT2D eigenvalue weighted by Gasteiger charge is -2.34. The molecular weight excluding hydrogens is 246 g/mol. The van der Waals surface area contributed by atoms with E-state index in [-0.39, 0.29) is 11.2 Å². The van der Waals surface area contributed by atoms with Crippen molar-refractivity contribution in [3.63, 3.8) is 0 Å². The van der Waals surface area contributed by atoms with E-state index in [2.05, 4.69) is 39.9 Å². The molecule has 0 spiro atoms. The van der Waals surface area contributed by atoms with Gasteiger partial charge < -0.3 is 10.1 Å². The normalized spacial score (nSPS) is 36.8. The summed E-state index contributed by atoms with van der Waals surface area (Å²) in [5.74, 6) is 1.56. The van der Waals surface area contributed by atoms with Crippen LogP contribution in [0.3, 0.4) is 0 Å². The van der Waals surface area contributed by atoms with Crippen LogP contribution in [0.4, 0.5) is 0 Å². The van der Waals surface area contributed by atoms with Crippen LogP contribution in [-0.4, -0.2) is 23.8 Å². The minimum absolute atomic E-state index is 0.0494. The first-order valence-corrected chi connectivity index (χ1v) is 8.77. The molecule has 0 bridgehead atoms. The first kappa shape index (κ1) is 16.3. The number of hydrogen-bond acceptors (Lipinski definition) is 2. The Balaban J connectivity index is 2.02. The third kappa shape index (κ3) is 3.98. The molecule has 1 aliphatic heterocycles. The molecule has 0 aromatic rings. The van der Waals surface area contributed by atoms with Crippen molar-refractivity contribution in [2.45, 2.75) is 96.8 Å². The zero-order valence-corrected chi connectivity index (χ0v) is 14.3. The standard InChI is InChI=1S/C18H35NO/c1-6-11-19-15-10-8-7-9-14(12-15)16-13-17(2,3)20-18(16,4)5/h14-16,19H,6-13H2,1-5H3. The van der Waals surface area contributed by atoms with Crippen LogP contribution in [0, 0.1) is 11.8 Å². The fourth-order valence-corrected chi connectivity index (χ4v) is 4.64. The minimum Gasteiger partial charge on any atom is -0.369 e. The van der Waals surface area contributed by atoms with E-state index in [0.29, 0.717) is 0 Å². The highest BCUT2D eigenvalue weighted by Gasteiger charge is 2.49. The predicted molar refractivity (Wildman–Crippen MR) is 86.0 cm³/mol. The van der Waals surface area contributed by atoms with E-state index in [1.54, 1.807) is 0 Å². The highest BCUT2D eigenvalue weighted by molar-refractivity contribution is 4.98. The van der Waals surface area contributed by atoms with Crippen LogP contribution >= 0.6 is 0 Å². The summed E-state index contributed by atoms with van der Waals surface area (Å²) < 4.78 is 6.34. The Bertz CT molecular complexity index is 311. The molecule has 1 N–H and O–H groups in total. The molecule has 20 heavy (non-hydrogen) atoms.